The molecule has 1 aliphatic rings. The Balaban J connectivity index is 1.39. The van der Waals surface area contributed by atoms with E-state index in [9.17, 15) is 8.42 Å². The molecule has 1 saturated heterocycles. The molecule has 0 saturated carbocycles. The van der Waals surface area contributed by atoms with Gasteiger partial charge in [0.2, 0.25) is 10.0 Å². The van der Waals surface area contributed by atoms with Crippen molar-refractivity contribution in [3.05, 3.63) is 72.8 Å². The van der Waals surface area contributed by atoms with Gasteiger partial charge in [0, 0.05) is 57.5 Å². The van der Waals surface area contributed by atoms with Gasteiger partial charge in [-0.25, -0.2) is 13.1 Å². The minimum absolute atomic E-state index is 0.0134. The fraction of sp³-hybridized carbons (Fsp3) is 0.333. The van der Waals surface area contributed by atoms with Gasteiger partial charge in [0.25, 0.3) is 0 Å². The molecule has 0 aliphatic carbocycles. The van der Waals surface area contributed by atoms with Crippen LogP contribution in [0.3, 0.4) is 0 Å². The Labute approximate surface area is 171 Å². The van der Waals surface area contributed by atoms with Gasteiger partial charge in [0.15, 0.2) is 0 Å². The minimum Gasteiger partial charge on any atom is -0.299 e. The van der Waals surface area contributed by atoms with Crippen molar-refractivity contribution in [1.29, 1.82) is 0 Å². The van der Waals surface area contributed by atoms with Crippen LogP contribution in [0.25, 0.3) is 5.69 Å². The SMILES string of the molecule is CN(C1CCN(Cc2ccncc2)CC1)S(=O)(=O)c1ccc(-n2cccn2)cc1. The molecule has 1 aliphatic heterocycles. The second-order valence-electron chi connectivity index (χ2n) is 7.33. The van der Waals surface area contributed by atoms with E-state index < -0.39 is 10.0 Å². The maximum Gasteiger partial charge on any atom is 0.243 e. The number of hydrogen-bond acceptors (Lipinski definition) is 5. The molecule has 0 atom stereocenters. The quantitative estimate of drug-likeness (QED) is 0.623. The number of aromatic nitrogens is 3. The lowest BCUT2D eigenvalue weighted by Gasteiger charge is -2.36. The van der Waals surface area contributed by atoms with E-state index >= 15 is 0 Å². The molecular formula is C21H25N5O2S. The first kappa shape index (κ1) is 19.8. The van der Waals surface area contributed by atoms with Crippen LogP contribution in [0.5, 0.6) is 0 Å². The zero-order chi connectivity index (χ0) is 20.3. The summed E-state index contributed by atoms with van der Waals surface area (Å²) < 4.78 is 29.4. The van der Waals surface area contributed by atoms with Gasteiger partial charge in [-0.15, -0.1) is 0 Å². The van der Waals surface area contributed by atoms with Crippen LogP contribution in [0, 0.1) is 0 Å². The molecule has 3 aromatic rings. The van der Waals surface area contributed by atoms with Gasteiger partial charge in [-0.1, -0.05) is 0 Å². The molecule has 3 heterocycles. The molecule has 0 radical (unpaired) electrons. The highest BCUT2D eigenvalue weighted by Crippen LogP contribution is 2.24. The number of benzene rings is 1. The average molecular weight is 412 g/mol. The van der Waals surface area contributed by atoms with Gasteiger partial charge in [0.05, 0.1) is 10.6 Å². The molecule has 0 bridgehead atoms. The molecule has 2 aromatic heterocycles. The summed E-state index contributed by atoms with van der Waals surface area (Å²) in [6.07, 6.45) is 8.79. The molecule has 0 amide bonds. The number of pyridine rings is 1. The number of hydrogen-bond donors (Lipinski definition) is 0. The Bertz CT molecular complexity index is 1010. The van der Waals surface area contributed by atoms with Gasteiger partial charge >= 0.3 is 0 Å². The van der Waals surface area contributed by atoms with Crippen LogP contribution in [-0.4, -0.2) is 58.6 Å². The first-order chi connectivity index (χ1) is 14.0. The third kappa shape index (κ3) is 4.39. The summed E-state index contributed by atoms with van der Waals surface area (Å²) in [5, 5.41) is 4.17. The zero-order valence-corrected chi connectivity index (χ0v) is 17.2. The summed E-state index contributed by atoms with van der Waals surface area (Å²) in [5.74, 6) is 0. The van der Waals surface area contributed by atoms with Crippen molar-refractivity contribution < 1.29 is 8.42 Å². The van der Waals surface area contributed by atoms with E-state index in [0.717, 1.165) is 38.2 Å². The van der Waals surface area contributed by atoms with Crippen LogP contribution in [0.2, 0.25) is 0 Å². The van der Waals surface area contributed by atoms with E-state index in [2.05, 4.69) is 15.0 Å². The van der Waals surface area contributed by atoms with E-state index in [1.807, 2.05) is 24.4 Å². The van der Waals surface area contributed by atoms with Crippen LogP contribution in [0.4, 0.5) is 0 Å². The van der Waals surface area contributed by atoms with Crippen LogP contribution >= 0.6 is 0 Å². The molecule has 152 valence electrons. The Kier molecular flexibility index (Phi) is 5.75. The smallest absolute Gasteiger partial charge is 0.243 e. The standard InChI is InChI=1S/C21H25N5O2S/c1-24(19-9-15-25(16-10-19)17-18-7-12-22-13-8-18)29(27,28)21-5-3-20(4-6-21)26-14-2-11-23-26/h2-8,11-14,19H,9-10,15-17H2,1H3. The van der Waals surface area contributed by atoms with E-state index in [1.165, 1.54) is 5.56 Å². The van der Waals surface area contributed by atoms with Crippen LogP contribution in [-0.2, 0) is 16.6 Å². The molecule has 29 heavy (non-hydrogen) atoms. The molecule has 0 spiro atoms. The maximum atomic E-state index is 13.1. The van der Waals surface area contributed by atoms with Crippen molar-refractivity contribution in [2.45, 2.75) is 30.3 Å². The summed E-state index contributed by atoms with van der Waals surface area (Å²) in [7, 11) is -1.83. The van der Waals surface area contributed by atoms with Gasteiger partial charge in [-0.3, -0.25) is 9.88 Å². The number of sulfonamides is 1. The van der Waals surface area contributed by atoms with Crippen molar-refractivity contribution in [1.82, 2.24) is 24.0 Å². The van der Waals surface area contributed by atoms with Crippen molar-refractivity contribution in [3.63, 3.8) is 0 Å². The van der Waals surface area contributed by atoms with Crippen LogP contribution < -0.4 is 0 Å². The second-order valence-corrected chi connectivity index (χ2v) is 9.33. The van der Waals surface area contributed by atoms with E-state index in [4.69, 9.17) is 0 Å². The van der Waals surface area contributed by atoms with E-state index in [0.29, 0.717) is 4.90 Å². The third-order valence-electron chi connectivity index (χ3n) is 5.51. The van der Waals surface area contributed by atoms with E-state index in [1.54, 1.807) is 58.9 Å². The fourth-order valence-corrected chi connectivity index (χ4v) is 5.16. The number of rotatable bonds is 6. The van der Waals surface area contributed by atoms with Crippen molar-refractivity contribution >= 4 is 10.0 Å². The number of nitrogens with zero attached hydrogens (tertiary/aromatic N) is 5. The Hall–Kier alpha value is -2.55. The monoisotopic (exact) mass is 411 g/mol. The summed E-state index contributed by atoms with van der Waals surface area (Å²) in [4.78, 5) is 6.73. The topological polar surface area (TPSA) is 71.3 Å². The predicted molar refractivity (Wildman–Crippen MR) is 111 cm³/mol. The van der Waals surface area contributed by atoms with Gasteiger partial charge in [-0.05, 0) is 60.9 Å². The highest BCUT2D eigenvalue weighted by molar-refractivity contribution is 7.89. The van der Waals surface area contributed by atoms with Crippen molar-refractivity contribution in [2.75, 3.05) is 20.1 Å². The first-order valence-electron chi connectivity index (χ1n) is 9.73. The lowest BCUT2D eigenvalue weighted by Crippen LogP contribution is -2.45. The molecule has 1 aromatic carbocycles. The summed E-state index contributed by atoms with van der Waals surface area (Å²) >= 11 is 0. The Morgan fingerprint density at radius 2 is 1.72 bits per heavy atom. The normalized spacial score (nSPS) is 16.3. The molecule has 7 nitrogen and oxygen atoms in total. The average Bonchev–Trinajstić information content (AvgIpc) is 3.30. The largest absolute Gasteiger partial charge is 0.299 e. The van der Waals surface area contributed by atoms with Crippen molar-refractivity contribution in [3.8, 4) is 5.69 Å². The first-order valence-corrected chi connectivity index (χ1v) is 11.2. The van der Waals surface area contributed by atoms with Crippen LogP contribution in [0.15, 0.2) is 72.1 Å². The van der Waals surface area contributed by atoms with Gasteiger partial charge in [0.1, 0.15) is 0 Å². The minimum atomic E-state index is -3.52. The third-order valence-corrected chi connectivity index (χ3v) is 7.43. The lowest BCUT2D eigenvalue weighted by molar-refractivity contribution is 0.164. The second kappa shape index (κ2) is 8.44. The molecule has 0 N–H and O–H groups in total. The highest BCUT2D eigenvalue weighted by Gasteiger charge is 2.30. The predicted octanol–water partition coefficient (Wildman–Crippen LogP) is 2.55. The van der Waals surface area contributed by atoms with Gasteiger partial charge in [-0.2, -0.15) is 9.40 Å². The molecule has 8 heteroatoms. The van der Waals surface area contributed by atoms with Crippen molar-refractivity contribution in [2.24, 2.45) is 0 Å². The fourth-order valence-electron chi connectivity index (χ4n) is 3.74. The highest BCUT2D eigenvalue weighted by atomic mass is 32.2. The molecule has 1 fully saturated rings. The van der Waals surface area contributed by atoms with E-state index in [-0.39, 0.29) is 6.04 Å². The maximum absolute atomic E-state index is 13.1. The summed E-state index contributed by atoms with van der Waals surface area (Å²) in [5.41, 5.74) is 2.07. The summed E-state index contributed by atoms with van der Waals surface area (Å²) in [6, 6.07) is 12.8. The molecule has 4 rings (SSSR count). The Morgan fingerprint density at radius 3 is 2.34 bits per heavy atom. The number of likely N-dealkylation sites (tertiary alicyclic amines) is 1. The van der Waals surface area contributed by atoms with Gasteiger partial charge < -0.3 is 0 Å². The zero-order valence-electron chi connectivity index (χ0n) is 16.4. The molecular weight excluding hydrogens is 386 g/mol. The Morgan fingerprint density at radius 1 is 1.03 bits per heavy atom. The lowest BCUT2D eigenvalue weighted by atomic mass is 10.0. The van der Waals surface area contributed by atoms with Crippen LogP contribution in [0.1, 0.15) is 18.4 Å². The summed E-state index contributed by atoms with van der Waals surface area (Å²) in [6.45, 7) is 2.64. The number of piperidine rings is 1. The molecule has 0 unspecified atom stereocenters.